The minimum atomic E-state index is 0.577. The average Bonchev–Trinajstić information content (AvgIpc) is 2.56. The van der Waals surface area contributed by atoms with Crippen LogP contribution in [0.2, 0.25) is 0 Å². The largest absolute Gasteiger partial charge is 0.497 e. The maximum Gasteiger partial charge on any atom is 0.214 e. The quantitative estimate of drug-likeness (QED) is 0.576. The molecule has 1 heterocycles. The van der Waals surface area contributed by atoms with Gasteiger partial charge in [-0.25, -0.2) is 0 Å². The summed E-state index contributed by atoms with van der Waals surface area (Å²) in [6.45, 7) is 0. The third-order valence-electron chi connectivity index (χ3n) is 2.14. The van der Waals surface area contributed by atoms with Crippen molar-refractivity contribution < 1.29 is 4.74 Å². The number of benzene rings is 1. The van der Waals surface area contributed by atoms with Gasteiger partial charge in [-0.1, -0.05) is 16.4 Å². The van der Waals surface area contributed by atoms with Crippen molar-refractivity contribution in [1.82, 2.24) is 4.57 Å². The summed E-state index contributed by atoms with van der Waals surface area (Å²) in [5.74, 6) is 0.787. The molecule has 1 aromatic carbocycles. The van der Waals surface area contributed by atoms with Gasteiger partial charge in [0.15, 0.2) is 0 Å². The zero-order valence-corrected chi connectivity index (χ0v) is 9.11. The van der Waals surface area contributed by atoms with Crippen LogP contribution in [0, 0.1) is 4.91 Å². The molecule has 0 aliphatic heterocycles. The molecule has 2 aromatic rings. The van der Waals surface area contributed by atoms with Gasteiger partial charge >= 0.3 is 0 Å². The second-order valence-electron chi connectivity index (χ2n) is 2.96. The Kier molecular flexibility index (Phi) is 2.51. The van der Waals surface area contributed by atoms with Gasteiger partial charge in [0.25, 0.3) is 0 Å². The number of methoxy groups -OCH3 is 1. The van der Waals surface area contributed by atoms with Crippen LogP contribution in [0.3, 0.4) is 0 Å². The Morgan fingerprint density at radius 2 is 2.27 bits per heavy atom. The van der Waals surface area contributed by atoms with E-state index in [0.29, 0.717) is 4.80 Å². The minimum absolute atomic E-state index is 0.577. The van der Waals surface area contributed by atoms with Gasteiger partial charge in [-0.2, -0.15) is 0 Å². The lowest BCUT2D eigenvalue weighted by Crippen LogP contribution is -2.08. The van der Waals surface area contributed by atoms with Crippen LogP contribution in [-0.2, 0) is 7.05 Å². The van der Waals surface area contributed by atoms with Crippen molar-refractivity contribution in [1.29, 1.82) is 0 Å². The molecule has 0 N–H and O–H groups in total. The summed E-state index contributed by atoms with van der Waals surface area (Å²) >= 11 is 1.40. The van der Waals surface area contributed by atoms with Crippen molar-refractivity contribution in [2.24, 2.45) is 17.4 Å². The summed E-state index contributed by atoms with van der Waals surface area (Å²) in [5, 5.41) is 6.05. The topological polar surface area (TPSA) is 56.0 Å². The molecule has 15 heavy (non-hydrogen) atoms. The van der Waals surface area contributed by atoms with E-state index in [1.54, 1.807) is 7.11 Å². The molecule has 0 amide bonds. The second kappa shape index (κ2) is 3.82. The fourth-order valence-electron chi connectivity index (χ4n) is 1.37. The molecule has 0 radical (unpaired) electrons. The van der Waals surface area contributed by atoms with E-state index in [4.69, 9.17) is 4.74 Å². The summed E-state index contributed by atoms with van der Waals surface area (Å²) in [4.78, 5) is 10.7. The zero-order valence-electron chi connectivity index (χ0n) is 8.30. The number of nitrogens with zero attached hydrogens (tertiary/aromatic N) is 3. The summed E-state index contributed by atoms with van der Waals surface area (Å²) in [7, 11) is 3.46. The van der Waals surface area contributed by atoms with Crippen LogP contribution in [0.4, 0.5) is 0 Å². The molecule has 0 saturated carbocycles. The molecule has 0 fully saturated rings. The highest BCUT2D eigenvalue weighted by Crippen LogP contribution is 2.22. The Morgan fingerprint density at radius 3 is 2.93 bits per heavy atom. The minimum Gasteiger partial charge on any atom is -0.497 e. The van der Waals surface area contributed by atoms with Crippen LogP contribution in [0.15, 0.2) is 28.6 Å². The van der Waals surface area contributed by atoms with Crippen LogP contribution >= 0.6 is 11.3 Å². The fraction of sp³-hybridized carbons (Fsp3) is 0.222. The van der Waals surface area contributed by atoms with E-state index in [1.807, 2.05) is 29.8 Å². The van der Waals surface area contributed by atoms with Crippen molar-refractivity contribution >= 4 is 21.6 Å². The van der Waals surface area contributed by atoms with E-state index in [0.717, 1.165) is 16.0 Å². The molecule has 0 saturated heterocycles. The number of hydrogen-bond acceptors (Lipinski definition) is 4. The predicted octanol–water partition coefficient (Wildman–Crippen LogP) is 1.83. The molecule has 2 rings (SSSR count). The van der Waals surface area contributed by atoms with Gasteiger partial charge in [0.2, 0.25) is 4.80 Å². The van der Waals surface area contributed by atoms with E-state index in [2.05, 4.69) is 10.4 Å². The maximum absolute atomic E-state index is 10.1. The van der Waals surface area contributed by atoms with Gasteiger partial charge in [0.1, 0.15) is 5.75 Å². The molecule has 78 valence electrons. The van der Waals surface area contributed by atoms with Gasteiger partial charge in [0, 0.05) is 7.05 Å². The first-order valence-corrected chi connectivity index (χ1v) is 5.08. The smallest absolute Gasteiger partial charge is 0.214 e. The molecular weight excluding hydrogens is 214 g/mol. The van der Waals surface area contributed by atoms with Gasteiger partial charge in [-0.05, 0) is 18.2 Å². The highest BCUT2D eigenvalue weighted by Gasteiger charge is 2.03. The van der Waals surface area contributed by atoms with Crippen molar-refractivity contribution in [2.75, 3.05) is 7.11 Å². The van der Waals surface area contributed by atoms with Gasteiger partial charge in [0.05, 0.1) is 22.6 Å². The number of thiazole rings is 1. The van der Waals surface area contributed by atoms with Gasteiger partial charge in [-0.3, -0.25) is 0 Å². The average molecular weight is 223 g/mol. The van der Waals surface area contributed by atoms with Crippen LogP contribution in [-0.4, -0.2) is 11.7 Å². The number of fused-ring (bicyclic) bond motifs is 1. The third-order valence-corrected chi connectivity index (χ3v) is 3.23. The number of aromatic nitrogens is 1. The lowest BCUT2D eigenvalue weighted by molar-refractivity contribution is 0.415. The molecule has 0 spiro atoms. The predicted molar refractivity (Wildman–Crippen MR) is 58.7 cm³/mol. The Morgan fingerprint density at radius 1 is 1.47 bits per heavy atom. The number of rotatable bonds is 2. The highest BCUT2D eigenvalue weighted by molar-refractivity contribution is 7.16. The summed E-state index contributed by atoms with van der Waals surface area (Å²) in [6.07, 6.45) is 0. The van der Waals surface area contributed by atoms with E-state index in [1.165, 1.54) is 11.3 Å². The molecule has 6 heteroatoms. The number of nitroso groups, excluding NO2 is 1. The van der Waals surface area contributed by atoms with Crippen molar-refractivity contribution in [2.45, 2.75) is 0 Å². The molecule has 0 unspecified atom stereocenters. The lowest BCUT2D eigenvalue weighted by Gasteiger charge is -1.98. The van der Waals surface area contributed by atoms with Crippen LogP contribution in [0.5, 0.6) is 5.75 Å². The van der Waals surface area contributed by atoms with Crippen molar-refractivity contribution in [3.8, 4) is 5.75 Å². The highest BCUT2D eigenvalue weighted by atomic mass is 32.1. The summed E-state index contributed by atoms with van der Waals surface area (Å²) in [6, 6.07) is 5.70. The normalized spacial score (nSPS) is 12.0. The molecule has 5 nitrogen and oxygen atoms in total. The van der Waals surface area contributed by atoms with Crippen molar-refractivity contribution in [3.05, 3.63) is 27.9 Å². The van der Waals surface area contributed by atoms with E-state index in [-0.39, 0.29) is 0 Å². The van der Waals surface area contributed by atoms with Crippen LogP contribution in [0.1, 0.15) is 0 Å². The number of aryl methyl sites for hydroxylation is 1. The van der Waals surface area contributed by atoms with Crippen LogP contribution < -0.4 is 9.54 Å². The second-order valence-corrected chi connectivity index (χ2v) is 3.97. The van der Waals surface area contributed by atoms with Crippen LogP contribution in [0.25, 0.3) is 10.2 Å². The molecule has 0 atom stereocenters. The zero-order chi connectivity index (χ0) is 10.8. The fourth-order valence-corrected chi connectivity index (χ4v) is 2.36. The summed E-state index contributed by atoms with van der Waals surface area (Å²) in [5.41, 5.74) is 1.00. The third kappa shape index (κ3) is 1.63. The lowest BCUT2D eigenvalue weighted by atomic mass is 10.3. The van der Waals surface area contributed by atoms with E-state index < -0.39 is 0 Å². The molecule has 0 aliphatic carbocycles. The Hall–Kier alpha value is -1.69. The SMILES string of the molecule is COc1ccc2c(c1)s/c(=N\N=O)n2C. The van der Waals surface area contributed by atoms with Crippen molar-refractivity contribution in [3.63, 3.8) is 0 Å². The van der Waals surface area contributed by atoms with Gasteiger partial charge < -0.3 is 9.30 Å². The first-order chi connectivity index (χ1) is 7.26. The Labute approximate surface area is 89.6 Å². The first-order valence-electron chi connectivity index (χ1n) is 4.26. The monoisotopic (exact) mass is 223 g/mol. The molecule has 0 bridgehead atoms. The number of ether oxygens (including phenoxy) is 1. The molecule has 0 aliphatic rings. The Balaban J connectivity index is 2.76. The first kappa shape index (κ1) is 9.85. The standard InChI is InChI=1S/C9H9N3O2S/c1-12-7-4-3-6(14-2)5-8(7)15-9(12)10-11-13/h3-5H,1-2H3/b10-9-. The van der Waals surface area contributed by atoms with E-state index >= 15 is 0 Å². The maximum atomic E-state index is 10.1. The Bertz CT molecular complexity index is 570. The van der Waals surface area contributed by atoms with E-state index in [9.17, 15) is 4.91 Å². The molecule has 1 aromatic heterocycles. The molecular formula is C9H9N3O2S. The summed E-state index contributed by atoms with van der Waals surface area (Å²) < 4.78 is 7.95. The number of hydrogen-bond donors (Lipinski definition) is 0. The van der Waals surface area contributed by atoms with Gasteiger partial charge in [-0.15, -0.1) is 4.91 Å².